The molecule has 0 aliphatic carbocycles. The molecule has 9 heteroatoms. The Morgan fingerprint density at radius 1 is 0.765 bits per heavy atom. The minimum Gasteiger partial charge on any atom is -0.529 e. The molecule has 0 aromatic heterocycles. The number of carbonyl (C=O) groups is 4. The Balaban J connectivity index is -0.0000000667. The topological polar surface area (TPSA) is 138 Å². The molecule has 0 saturated heterocycles. The third kappa shape index (κ3) is 220000. The minimum atomic E-state index is -0.833. The van der Waals surface area contributed by atoms with E-state index in [4.69, 9.17) is 29.7 Å². The summed E-state index contributed by atoms with van der Waals surface area (Å²) in [6.07, 6.45) is 0. The molecule has 0 atom stereocenters. The summed E-state index contributed by atoms with van der Waals surface area (Å²) in [5, 5.41) is 22.2. The Morgan fingerprint density at radius 2 is 0.824 bits per heavy atom. The first kappa shape index (κ1) is 24.4. The van der Waals surface area contributed by atoms with Gasteiger partial charge < -0.3 is 19.7 Å². The maximum absolute atomic E-state index is 9.62. The third-order valence-electron chi connectivity index (χ3n) is 0.287. The van der Waals surface area contributed by atoms with Gasteiger partial charge in [-0.05, 0) is 0 Å². The van der Waals surface area contributed by atoms with Gasteiger partial charge in [0.2, 0.25) is 10.5 Å². The van der Waals surface area contributed by atoms with Gasteiger partial charge in [0, 0.05) is 27.7 Å². The van der Waals surface area contributed by atoms with Crippen molar-refractivity contribution in [3.05, 3.63) is 0 Å². The SMILES string of the molecule is CC(=O)O.CC(=O)O.CC(=O)O.CC(=O)O[SiH3]. The van der Waals surface area contributed by atoms with Crippen molar-refractivity contribution in [3.63, 3.8) is 0 Å². The Labute approximate surface area is 102 Å². The number of aliphatic carboxylic acids is 3. The van der Waals surface area contributed by atoms with Gasteiger partial charge in [-0.25, -0.2) is 0 Å². The summed E-state index contributed by atoms with van der Waals surface area (Å²) in [5.41, 5.74) is 0. The first-order chi connectivity index (χ1) is 7.47. The van der Waals surface area contributed by atoms with Crippen molar-refractivity contribution in [2.24, 2.45) is 0 Å². The Hall–Kier alpha value is -1.90. The van der Waals surface area contributed by atoms with Gasteiger partial charge in [-0.15, -0.1) is 0 Å². The third-order valence-corrected chi connectivity index (χ3v) is 0.862. The lowest BCUT2D eigenvalue weighted by Gasteiger charge is -1.82. The Morgan fingerprint density at radius 3 is 0.824 bits per heavy atom. The lowest BCUT2D eigenvalue weighted by Crippen LogP contribution is -1.90. The van der Waals surface area contributed by atoms with Crippen molar-refractivity contribution < 1.29 is 38.9 Å². The monoisotopic (exact) mass is 270 g/mol. The largest absolute Gasteiger partial charge is 0.529 e. The molecule has 3 N–H and O–H groups in total. The number of hydrogen-bond acceptors (Lipinski definition) is 5. The van der Waals surface area contributed by atoms with Gasteiger partial charge >= 0.3 is 0 Å². The Kier molecular flexibility index (Phi) is 28.1. The lowest BCUT2D eigenvalue weighted by atomic mass is 10.9. The van der Waals surface area contributed by atoms with E-state index < -0.39 is 17.9 Å². The molecular formula is C8H18O8Si. The number of carbonyl (C=O) groups excluding carboxylic acids is 1. The number of hydrogen-bond donors (Lipinski definition) is 3. The molecule has 0 heterocycles. The molecule has 0 rings (SSSR count). The molecule has 0 radical (unpaired) electrons. The summed E-state index contributed by atoms with van der Waals surface area (Å²) < 4.78 is 4.25. The van der Waals surface area contributed by atoms with Gasteiger partial charge in [0.05, 0.1) is 0 Å². The van der Waals surface area contributed by atoms with Gasteiger partial charge in [0.15, 0.2) is 0 Å². The van der Waals surface area contributed by atoms with Crippen molar-refractivity contribution in [2.75, 3.05) is 0 Å². The standard InChI is InChI=1S/C2H6O2Si.3C2H4O2/c1-2(3)4-5;3*1-2(3)4/h1,5H3;3*1H3,(H,3,4). The average molecular weight is 270 g/mol. The van der Waals surface area contributed by atoms with Crippen LogP contribution in [0, 0.1) is 0 Å². The van der Waals surface area contributed by atoms with Crippen LogP contribution in [0.1, 0.15) is 27.7 Å². The second-order valence-electron chi connectivity index (χ2n) is 2.25. The summed E-state index contributed by atoms with van der Waals surface area (Å²) in [4.78, 5) is 36.6. The molecule has 0 amide bonds. The maximum atomic E-state index is 9.62. The minimum absolute atomic E-state index is 0.184. The van der Waals surface area contributed by atoms with Gasteiger partial charge in [-0.1, -0.05) is 0 Å². The zero-order valence-corrected chi connectivity index (χ0v) is 12.4. The van der Waals surface area contributed by atoms with Crippen LogP contribution < -0.4 is 0 Å². The first-order valence-corrected chi connectivity index (χ1v) is 4.92. The normalized spacial score (nSPS) is 6.59. The van der Waals surface area contributed by atoms with Gasteiger partial charge in [0.25, 0.3) is 23.9 Å². The van der Waals surface area contributed by atoms with Crippen molar-refractivity contribution in [3.8, 4) is 0 Å². The van der Waals surface area contributed by atoms with E-state index in [9.17, 15) is 4.79 Å². The van der Waals surface area contributed by atoms with Crippen LogP contribution in [0.15, 0.2) is 0 Å². The van der Waals surface area contributed by atoms with Crippen LogP contribution in [-0.4, -0.2) is 49.7 Å². The van der Waals surface area contributed by atoms with E-state index >= 15 is 0 Å². The van der Waals surface area contributed by atoms with Crippen LogP contribution in [0.2, 0.25) is 0 Å². The fraction of sp³-hybridized carbons (Fsp3) is 0.500. The van der Waals surface area contributed by atoms with Crippen LogP contribution >= 0.6 is 0 Å². The molecule has 0 spiro atoms. The number of carboxylic acid groups (broad SMARTS) is 3. The summed E-state index contributed by atoms with van der Waals surface area (Å²) in [5.74, 6) is -2.68. The van der Waals surface area contributed by atoms with Crippen LogP contribution in [0.5, 0.6) is 0 Å². The molecule has 0 bridgehead atoms. The van der Waals surface area contributed by atoms with Gasteiger partial charge in [-0.2, -0.15) is 0 Å². The smallest absolute Gasteiger partial charge is 0.300 e. The lowest BCUT2D eigenvalue weighted by molar-refractivity contribution is -0.135. The predicted octanol–water partition coefficient (Wildman–Crippen LogP) is -0.897. The van der Waals surface area contributed by atoms with Crippen molar-refractivity contribution in [1.82, 2.24) is 0 Å². The van der Waals surface area contributed by atoms with E-state index in [1.54, 1.807) is 0 Å². The molecule has 0 aliphatic heterocycles. The molecule has 0 unspecified atom stereocenters. The fourth-order valence-electron chi connectivity index (χ4n) is 0. The van der Waals surface area contributed by atoms with Gasteiger partial charge in [0.1, 0.15) is 0 Å². The second-order valence-corrected chi connectivity index (χ2v) is 2.66. The molecule has 0 saturated carbocycles. The van der Waals surface area contributed by atoms with Crippen LogP contribution in [0.4, 0.5) is 0 Å². The average Bonchev–Trinajstić information content (AvgIpc) is 2.00. The quantitative estimate of drug-likeness (QED) is 0.481. The molecule has 0 aromatic rings. The van der Waals surface area contributed by atoms with E-state index in [0.29, 0.717) is 10.5 Å². The number of carboxylic acids is 3. The highest BCUT2D eigenvalue weighted by atomic mass is 28.2. The predicted molar refractivity (Wildman–Crippen MR) is 61.6 cm³/mol. The van der Waals surface area contributed by atoms with Crippen LogP contribution in [0.25, 0.3) is 0 Å². The summed E-state index contributed by atoms with van der Waals surface area (Å²) in [6, 6.07) is 0. The molecule has 0 aliphatic rings. The fourth-order valence-corrected chi connectivity index (χ4v) is 0. The van der Waals surface area contributed by atoms with Crippen LogP contribution in [-0.2, 0) is 23.6 Å². The highest BCUT2D eigenvalue weighted by Gasteiger charge is 1.74. The van der Waals surface area contributed by atoms with E-state index in [-0.39, 0.29) is 5.97 Å². The van der Waals surface area contributed by atoms with Crippen molar-refractivity contribution in [2.45, 2.75) is 27.7 Å². The van der Waals surface area contributed by atoms with Crippen LogP contribution in [0.3, 0.4) is 0 Å². The molecule has 0 fully saturated rings. The Bertz CT molecular complexity index is 197. The highest BCUT2D eigenvalue weighted by Crippen LogP contribution is 1.58. The van der Waals surface area contributed by atoms with E-state index in [1.807, 2.05) is 0 Å². The first-order valence-electron chi connectivity index (χ1n) is 4.10. The molecule has 102 valence electrons. The maximum Gasteiger partial charge on any atom is 0.300 e. The van der Waals surface area contributed by atoms with E-state index in [2.05, 4.69) is 4.43 Å². The molecule has 17 heavy (non-hydrogen) atoms. The number of rotatable bonds is 0. The molecule has 8 nitrogen and oxygen atoms in total. The highest BCUT2D eigenvalue weighted by molar-refractivity contribution is 6.04. The molecular weight excluding hydrogens is 252 g/mol. The van der Waals surface area contributed by atoms with Crippen molar-refractivity contribution in [1.29, 1.82) is 0 Å². The summed E-state index contributed by atoms with van der Waals surface area (Å²) in [6.45, 7) is 4.65. The van der Waals surface area contributed by atoms with Gasteiger partial charge in [-0.3, -0.25) is 19.2 Å². The van der Waals surface area contributed by atoms with E-state index in [1.165, 1.54) is 6.92 Å². The summed E-state index contributed by atoms with van der Waals surface area (Å²) in [7, 11) is 0.524. The second kappa shape index (κ2) is 19.6. The zero-order chi connectivity index (χ0) is 15.0. The molecule has 0 aromatic carbocycles. The van der Waals surface area contributed by atoms with E-state index in [0.717, 1.165) is 20.8 Å². The summed E-state index contributed by atoms with van der Waals surface area (Å²) >= 11 is 0. The zero-order valence-electron chi connectivity index (χ0n) is 10.4. The van der Waals surface area contributed by atoms with Crippen molar-refractivity contribution >= 4 is 34.4 Å².